The van der Waals surface area contributed by atoms with Gasteiger partial charge in [-0.15, -0.1) is 0 Å². The van der Waals surface area contributed by atoms with Crippen molar-refractivity contribution in [1.82, 2.24) is 24.7 Å². The van der Waals surface area contributed by atoms with Crippen LogP contribution in [0.15, 0.2) is 12.4 Å². The third-order valence-corrected chi connectivity index (χ3v) is 4.64. The van der Waals surface area contributed by atoms with Crippen molar-refractivity contribution in [3.05, 3.63) is 23.8 Å². The minimum absolute atomic E-state index is 0.122. The van der Waals surface area contributed by atoms with Crippen LogP contribution in [0.1, 0.15) is 43.4 Å². The molecule has 0 saturated carbocycles. The summed E-state index contributed by atoms with van der Waals surface area (Å²) in [5.74, 6) is 0.285. The Morgan fingerprint density at radius 2 is 1.85 bits per heavy atom. The number of likely N-dealkylation sites (N-methyl/N-ethyl adjacent to an activating group) is 1. The highest BCUT2D eigenvalue weighted by Crippen LogP contribution is 2.09. The topological polar surface area (TPSA) is 69.6 Å². The number of rotatable bonds is 7. The quantitative estimate of drug-likeness (QED) is 0.735. The number of aromatic nitrogens is 2. The van der Waals surface area contributed by atoms with E-state index >= 15 is 0 Å². The Balaban J connectivity index is 1.94. The molecule has 1 fully saturated rings. The van der Waals surface area contributed by atoms with E-state index < -0.39 is 0 Å². The Morgan fingerprint density at radius 3 is 2.38 bits per heavy atom. The van der Waals surface area contributed by atoms with Crippen LogP contribution in [-0.4, -0.2) is 82.3 Å². The third-order valence-electron chi connectivity index (χ3n) is 4.64. The number of carbonyl (C=O) groups excluding carboxylic acids is 2. The van der Waals surface area contributed by atoms with Crippen LogP contribution in [0.25, 0.3) is 0 Å². The summed E-state index contributed by atoms with van der Waals surface area (Å²) < 4.78 is 0. The lowest BCUT2D eigenvalue weighted by molar-refractivity contribution is -0.133. The van der Waals surface area contributed by atoms with Gasteiger partial charge in [-0.05, 0) is 19.4 Å². The van der Waals surface area contributed by atoms with E-state index in [2.05, 4.69) is 35.6 Å². The second kappa shape index (κ2) is 9.62. The summed E-state index contributed by atoms with van der Waals surface area (Å²) in [7, 11) is 0. The summed E-state index contributed by atoms with van der Waals surface area (Å²) in [5, 5.41) is 0. The lowest BCUT2D eigenvalue weighted by atomic mass is 10.2. The molecule has 1 saturated heterocycles. The fraction of sp³-hybridized carbons (Fsp3) is 0.684. The van der Waals surface area contributed by atoms with Crippen LogP contribution < -0.4 is 0 Å². The van der Waals surface area contributed by atoms with Crippen LogP contribution in [0.3, 0.4) is 0 Å². The fourth-order valence-electron chi connectivity index (χ4n) is 3.08. The van der Waals surface area contributed by atoms with Crippen molar-refractivity contribution in [3.63, 3.8) is 0 Å². The van der Waals surface area contributed by atoms with E-state index in [-0.39, 0.29) is 11.8 Å². The van der Waals surface area contributed by atoms with Gasteiger partial charge in [-0.2, -0.15) is 0 Å². The Bertz CT molecular complexity index is 594. The molecule has 1 aromatic rings. The SMILES string of the molecule is CCN1CCN(C(=O)CCN(CC(C)C)C(=O)c2cnc(C)cn2)CC1. The average Bonchev–Trinajstić information content (AvgIpc) is 2.64. The Kier molecular flexibility index (Phi) is 7.50. The molecule has 1 aromatic heterocycles. The Morgan fingerprint density at radius 1 is 1.15 bits per heavy atom. The lowest BCUT2D eigenvalue weighted by Crippen LogP contribution is -2.49. The van der Waals surface area contributed by atoms with E-state index in [9.17, 15) is 9.59 Å². The smallest absolute Gasteiger partial charge is 0.274 e. The maximum atomic E-state index is 12.8. The van der Waals surface area contributed by atoms with Crippen LogP contribution in [0.5, 0.6) is 0 Å². The minimum atomic E-state index is -0.158. The summed E-state index contributed by atoms with van der Waals surface area (Å²) in [5.41, 5.74) is 1.11. The number of carbonyl (C=O) groups is 2. The lowest BCUT2D eigenvalue weighted by Gasteiger charge is -2.34. The monoisotopic (exact) mass is 361 g/mol. The number of piperazine rings is 1. The highest BCUT2D eigenvalue weighted by Gasteiger charge is 2.23. The highest BCUT2D eigenvalue weighted by molar-refractivity contribution is 5.92. The standard InChI is InChI=1S/C19H31N5O2/c1-5-22-8-10-23(11-9-22)18(25)6-7-24(14-15(2)3)19(26)17-13-20-16(4)12-21-17/h12-13,15H,5-11,14H2,1-4H3. The molecule has 7 nitrogen and oxygen atoms in total. The van der Waals surface area contributed by atoms with Gasteiger partial charge in [-0.25, -0.2) is 4.98 Å². The number of aryl methyl sites for hydroxylation is 1. The van der Waals surface area contributed by atoms with Gasteiger partial charge in [0.25, 0.3) is 5.91 Å². The molecule has 0 unspecified atom stereocenters. The molecular formula is C19H31N5O2. The average molecular weight is 361 g/mol. The number of hydrogen-bond donors (Lipinski definition) is 0. The summed E-state index contributed by atoms with van der Waals surface area (Å²) in [6, 6.07) is 0. The molecule has 26 heavy (non-hydrogen) atoms. The van der Waals surface area contributed by atoms with E-state index in [0.29, 0.717) is 31.1 Å². The summed E-state index contributed by atoms with van der Waals surface area (Å²) in [6.45, 7) is 13.5. The minimum Gasteiger partial charge on any atom is -0.340 e. The van der Waals surface area contributed by atoms with E-state index in [0.717, 1.165) is 38.4 Å². The fourth-order valence-corrected chi connectivity index (χ4v) is 3.08. The largest absolute Gasteiger partial charge is 0.340 e. The van der Waals surface area contributed by atoms with Gasteiger partial charge in [-0.1, -0.05) is 20.8 Å². The molecule has 2 rings (SSSR count). The van der Waals surface area contributed by atoms with E-state index in [1.165, 1.54) is 6.20 Å². The zero-order chi connectivity index (χ0) is 19.1. The molecular weight excluding hydrogens is 330 g/mol. The summed E-state index contributed by atoms with van der Waals surface area (Å²) >= 11 is 0. The first-order valence-electron chi connectivity index (χ1n) is 9.48. The maximum Gasteiger partial charge on any atom is 0.274 e. The van der Waals surface area contributed by atoms with Crippen LogP contribution in [0, 0.1) is 12.8 Å². The molecule has 0 aliphatic carbocycles. The second-order valence-electron chi connectivity index (χ2n) is 7.25. The van der Waals surface area contributed by atoms with Crippen molar-refractivity contribution in [3.8, 4) is 0 Å². The van der Waals surface area contributed by atoms with Crippen LogP contribution in [0.4, 0.5) is 0 Å². The maximum absolute atomic E-state index is 12.8. The molecule has 0 radical (unpaired) electrons. The van der Waals surface area contributed by atoms with Crippen LogP contribution in [-0.2, 0) is 4.79 Å². The van der Waals surface area contributed by atoms with Gasteiger partial charge in [0, 0.05) is 51.9 Å². The highest BCUT2D eigenvalue weighted by atomic mass is 16.2. The van der Waals surface area contributed by atoms with Gasteiger partial charge in [0.2, 0.25) is 5.91 Å². The zero-order valence-corrected chi connectivity index (χ0v) is 16.4. The zero-order valence-electron chi connectivity index (χ0n) is 16.4. The Hall–Kier alpha value is -2.02. The van der Waals surface area contributed by atoms with Gasteiger partial charge in [0.05, 0.1) is 11.9 Å². The first kappa shape index (κ1) is 20.3. The number of amides is 2. The first-order chi connectivity index (χ1) is 12.4. The van der Waals surface area contributed by atoms with Crippen molar-refractivity contribution in [2.45, 2.75) is 34.1 Å². The normalized spacial score (nSPS) is 15.3. The molecule has 2 heterocycles. The molecule has 0 spiro atoms. The molecule has 1 aliphatic heterocycles. The van der Waals surface area contributed by atoms with E-state index in [1.54, 1.807) is 11.1 Å². The first-order valence-corrected chi connectivity index (χ1v) is 9.48. The number of nitrogens with zero attached hydrogens (tertiary/aromatic N) is 5. The third kappa shape index (κ3) is 5.76. The van der Waals surface area contributed by atoms with Gasteiger partial charge >= 0.3 is 0 Å². The molecule has 0 bridgehead atoms. The van der Waals surface area contributed by atoms with E-state index in [1.807, 2.05) is 11.8 Å². The van der Waals surface area contributed by atoms with Crippen molar-refractivity contribution < 1.29 is 9.59 Å². The Labute approximate surface area is 156 Å². The molecule has 2 amide bonds. The van der Waals surface area contributed by atoms with Crippen molar-refractivity contribution in [1.29, 1.82) is 0 Å². The predicted molar refractivity (Wildman–Crippen MR) is 101 cm³/mol. The second-order valence-corrected chi connectivity index (χ2v) is 7.25. The number of hydrogen-bond acceptors (Lipinski definition) is 5. The summed E-state index contributed by atoms with van der Waals surface area (Å²) in [4.78, 5) is 39.6. The molecule has 0 N–H and O–H groups in total. The molecule has 1 aliphatic rings. The van der Waals surface area contributed by atoms with Crippen LogP contribution >= 0.6 is 0 Å². The van der Waals surface area contributed by atoms with Gasteiger partial charge < -0.3 is 14.7 Å². The molecule has 0 aromatic carbocycles. The van der Waals surface area contributed by atoms with Crippen molar-refractivity contribution in [2.24, 2.45) is 5.92 Å². The van der Waals surface area contributed by atoms with Crippen LogP contribution in [0.2, 0.25) is 0 Å². The molecule has 7 heteroatoms. The van der Waals surface area contributed by atoms with Gasteiger partial charge in [-0.3, -0.25) is 14.6 Å². The predicted octanol–water partition coefficient (Wildman–Crippen LogP) is 1.44. The van der Waals surface area contributed by atoms with Crippen molar-refractivity contribution in [2.75, 3.05) is 45.8 Å². The van der Waals surface area contributed by atoms with Crippen molar-refractivity contribution >= 4 is 11.8 Å². The van der Waals surface area contributed by atoms with E-state index in [4.69, 9.17) is 0 Å². The van der Waals surface area contributed by atoms with Gasteiger partial charge in [0.15, 0.2) is 0 Å². The van der Waals surface area contributed by atoms with Gasteiger partial charge in [0.1, 0.15) is 5.69 Å². The molecule has 0 atom stereocenters. The molecule has 144 valence electrons. The summed E-state index contributed by atoms with van der Waals surface area (Å²) in [6.07, 6.45) is 3.46.